The molecule has 9 amide bonds. The van der Waals surface area contributed by atoms with Gasteiger partial charge in [0, 0.05) is 74.7 Å². The average molecular weight is 1300 g/mol. The Hall–Kier alpha value is -8.67. The second-order valence-electron chi connectivity index (χ2n) is 24.9. The van der Waals surface area contributed by atoms with Crippen LogP contribution in [0.2, 0.25) is 0 Å². The van der Waals surface area contributed by atoms with Gasteiger partial charge in [0.2, 0.25) is 53.2 Å². The minimum absolute atomic E-state index is 0.0374. The zero-order valence-corrected chi connectivity index (χ0v) is 55.3. The minimum atomic E-state index is -1.39. The Morgan fingerprint density at radius 1 is 0.723 bits per heavy atom. The Morgan fingerprint density at radius 3 is 2.06 bits per heavy atom. The highest BCUT2D eigenvalue weighted by Gasteiger charge is 2.36. The van der Waals surface area contributed by atoms with Gasteiger partial charge in [-0.2, -0.15) is 0 Å². The number of para-hydroxylation sites is 2. The van der Waals surface area contributed by atoms with Crippen molar-refractivity contribution in [2.45, 2.75) is 231 Å². The number of aromatic hydroxyl groups is 1. The van der Waals surface area contributed by atoms with E-state index in [1.165, 1.54) is 88.2 Å². The number of aromatic nitrogens is 4. The smallest absolute Gasteiger partial charge is 0.247 e. The summed E-state index contributed by atoms with van der Waals surface area (Å²) in [6.07, 6.45) is 22.0. The molecule has 0 saturated carbocycles. The van der Waals surface area contributed by atoms with Crippen LogP contribution in [0.1, 0.15) is 184 Å². The third-order valence-electron chi connectivity index (χ3n) is 17.2. The molecule has 1 aliphatic rings. The summed E-state index contributed by atoms with van der Waals surface area (Å²) in [5.41, 5.74) is 15.1. The summed E-state index contributed by atoms with van der Waals surface area (Å²) >= 11 is 0. The first kappa shape index (κ1) is 74.4. The maximum absolute atomic E-state index is 15.1. The number of phenols is 1. The number of phenolic OH excluding ortho intramolecular Hbond substituents is 1. The van der Waals surface area contributed by atoms with Crippen LogP contribution >= 0.6 is 0 Å². The molecular weight excluding hydrogens is 1200 g/mol. The van der Waals surface area contributed by atoms with Gasteiger partial charge < -0.3 is 58.8 Å². The highest BCUT2D eigenvalue weighted by Crippen LogP contribution is 2.26. The standard InChI is InChI=1S/C70H102N14O10/c1-4-5-6-7-8-9-10-11-12-13-14-15-16-34-63(87)73-40-25-22-30-56(65(72)89)77-70(94)62-33-23-26-41-83-47-52(81-82-83)44-60(76-49(3)85)69(93)80-59(43-51-45-74-55-29-19-18-28-54(51)55)68(92)78-57(31-21-24-39-71)67(91)79-58(42-50-35-37-53(86)38-36-50)66(90)75-46-64(88)84(62)61-32-20-17-27-48(61)2/h17-20,27-29,32,35-38,45,47,56-60,62,74,86H,4-16,21-26,30-31,33-34,39-44,46,71H2,1-3H3,(H2,72,89)(H,73,87)(H,75,90)(H,76,85)(H,77,94)(H,78,92)(H,79,91)(H,80,93)/t56-,57+,58+,59+,60?,62-/m1/s1. The molecule has 0 radical (unpaired) electrons. The Balaban J connectivity index is 1.23. The zero-order valence-electron chi connectivity index (χ0n) is 55.3. The van der Waals surface area contributed by atoms with Gasteiger partial charge >= 0.3 is 0 Å². The third kappa shape index (κ3) is 25.3. The maximum atomic E-state index is 15.1. The molecule has 1 aliphatic heterocycles. The number of amides is 9. The number of rotatable bonds is 32. The van der Waals surface area contributed by atoms with E-state index >= 15 is 4.79 Å². The largest absolute Gasteiger partial charge is 0.508 e. The van der Waals surface area contributed by atoms with Crippen molar-refractivity contribution >= 4 is 69.8 Å². The molecule has 512 valence electrons. The SMILES string of the molecule is CCCCCCCCCCCCCCCC(=O)NCCCC[C@@H](NC(=O)[C@H]1CCCCn2cc(nn2)CC(NC(C)=O)C(=O)N[C@@H](Cc2c[nH]c3ccccc23)C(=O)N[C@@H](CCCCN)C(=O)N[C@@H](Cc2ccc(O)cc2)C(=O)NCC(=O)N1c1ccccc1C)C(N)=O. The Bertz CT molecular complexity index is 3220. The number of hydrogen-bond donors (Lipinski definition) is 11. The van der Waals surface area contributed by atoms with Crippen LogP contribution in [0.3, 0.4) is 0 Å². The molecule has 6 rings (SSSR count). The molecule has 0 fully saturated rings. The molecule has 3 aromatic carbocycles. The first-order valence-electron chi connectivity index (χ1n) is 34.1. The van der Waals surface area contributed by atoms with Crippen LogP contribution in [0.25, 0.3) is 10.9 Å². The molecule has 2 aromatic heterocycles. The molecule has 24 nitrogen and oxygen atoms in total. The molecule has 0 aliphatic carbocycles. The summed E-state index contributed by atoms with van der Waals surface area (Å²) in [5.74, 6) is -5.83. The number of H-pyrrole nitrogens is 1. The molecule has 0 saturated heterocycles. The molecule has 5 aromatic rings. The molecule has 94 heavy (non-hydrogen) atoms. The number of nitrogens with one attached hydrogen (secondary N) is 8. The van der Waals surface area contributed by atoms with Gasteiger partial charge in [0.05, 0.1) is 12.2 Å². The van der Waals surface area contributed by atoms with Gasteiger partial charge in [0.25, 0.3) is 0 Å². The topological polar surface area (TPSA) is 360 Å². The first-order valence-corrected chi connectivity index (χ1v) is 34.1. The van der Waals surface area contributed by atoms with Crippen LogP contribution in [-0.4, -0.2) is 134 Å². The van der Waals surface area contributed by atoms with E-state index in [1.54, 1.807) is 60.4 Å². The van der Waals surface area contributed by atoms with E-state index < -0.39 is 90.1 Å². The van der Waals surface area contributed by atoms with E-state index in [-0.39, 0.29) is 63.3 Å². The van der Waals surface area contributed by atoms with E-state index in [4.69, 9.17) is 11.5 Å². The maximum Gasteiger partial charge on any atom is 0.247 e. The predicted molar refractivity (Wildman–Crippen MR) is 361 cm³/mol. The lowest BCUT2D eigenvalue weighted by molar-refractivity contribution is -0.134. The van der Waals surface area contributed by atoms with Crippen molar-refractivity contribution in [3.8, 4) is 5.75 Å². The van der Waals surface area contributed by atoms with Crippen molar-refractivity contribution in [3.05, 3.63) is 108 Å². The lowest BCUT2D eigenvalue weighted by atomic mass is 10.0. The molecule has 3 heterocycles. The van der Waals surface area contributed by atoms with Gasteiger partial charge in [0.15, 0.2) is 0 Å². The number of primary amides is 1. The number of aromatic amines is 1. The Labute approximate surface area is 552 Å². The van der Waals surface area contributed by atoms with Gasteiger partial charge in [-0.3, -0.25) is 52.7 Å². The highest BCUT2D eigenvalue weighted by molar-refractivity contribution is 6.04. The quantitative estimate of drug-likeness (QED) is 0.0210. The number of nitrogens with two attached hydrogens (primary N) is 2. The predicted octanol–water partition coefficient (Wildman–Crippen LogP) is 6.33. The van der Waals surface area contributed by atoms with Crippen molar-refractivity contribution in [3.63, 3.8) is 0 Å². The molecule has 2 bridgehead atoms. The molecule has 0 spiro atoms. The van der Waals surface area contributed by atoms with E-state index in [2.05, 4.69) is 59.4 Å². The van der Waals surface area contributed by atoms with Crippen LogP contribution in [0.5, 0.6) is 5.75 Å². The van der Waals surface area contributed by atoms with Crippen LogP contribution in [0, 0.1) is 6.92 Å². The Morgan fingerprint density at radius 2 is 1.37 bits per heavy atom. The molecule has 13 N–H and O–H groups in total. The second-order valence-corrected chi connectivity index (χ2v) is 24.9. The summed E-state index contributed by atoms with van der Waals surface area (Å²) in [4.78, 5) is 132. The van der Waals surface area contributed by atoms with Gasteiger partial charge in [-0.05, 0) is 119 Å². The monoisotopic (exact) mass is 1300 g/mol. The highest BCUT2D eigenvalue weighted by atomic mass is 16.3. The number of carbonyl (C=O) groups excluding carboxylic acids is 9. The van der Waals surface area contributed by atoms with Crippen molar-refractivity contribution in [2.75, 3.05) is 24.5 Å². The van der Waals surface area contributed by atoms with Crippen molar-refractivity contribution in [2.24, 2.45) is 11.5 Å². The fourth-order valence-corrected chi connectivity index (χ4v) is 11.9. The summed E-state index contributed by atoms with van der Waals surface area (Å²) in [5, 5.41) is 39.3. The number of hydrogen-bond acceptors (Lipinski definition) is 13. The number of carbonyl (C=O) groups is 9. The van der Waals surface area contributed by atoms with Crippen LogP contribution in [0.4, 0.5) is 5.69 Å². The van der Waals surface area contributed by atoms with Crippen molar-refractivity contribution in [1.29, 1.82) is 0 Å². The van der Waals surface area contributed by atoms with E-state index in [9.17, 15) is 43.5 Å². The van der Waals surface area contributed by atoms with E-state index in [1.807, 2.05) is 24.3 Å². The normalized spacial score (nSPS) is 18.4. The number of aryl methyl sites for hydroxylation is 2. The first-order chi connectivity index (χ1) is 45.4. The van der Waals surface area contributed by atoms with Crippen molar-refractivity contribution < 1.29 is 48.3 Å². The van der Waals surface area contributed by atoms with Gasteiger partial charge in [-0.25, -0.2) is 0 Å². The van der Waals surface area contributed by atoms with E-state index in [0.29, 0.717) is 79.6 Å². The summed E-state index contributed by atoms with van der Waals surface area (Å²) in [6, 6.07) is 12.7. The van der Waals surface area contributed by atoms with Gasteiger partial charge in [-0.15, -0.1) is 5.10 Å². The Kier molecular flexibility index (Phi) is 32.0. The summed E-state index contributed by atoms with van der Waals surface area (Å²) in [6.45, 7) is 5.50. The van der Waals surface area contributed by atoms with Gasteiger partial charge in [0.1, 0.15) is 42.0 Å². The van der Waals surface area contributed by atoms with Crippen LogP contribution < -0.4 is 53.6 Å². The number of benzene rings is 3. The van der Waals surface area contributed by atoms with Crippen LogP contribution in [-0.2, 0) is 69.0 Å². The second kappa shape index (κ2) is 40.4. The zero-order chi connectivity index (χ0) is 67.6. The lowest BCUT2D eigenvalue weighted by Crippen LogP contribution is -2.59. The fraction of sp³-hybridized carbons (Fsp3) is 0.557. The molecular formula is C70H102N14O10. The number of unbranched alkanes of at least 4 members (excludes halogenated alkanes) is 14. The van der Waals surface area contributed by atoms with Crippen LogP contribution in [0.15, 0.2) is 85.2 Å². The summed E-state index contributed by atoms with van der Waals surface area (Å²) in [7, 11) is 0. The number of nitrogens with zero attached hydrogens (tertiary/aromatic N) is 4. The van der Waals surface area contributed by atoms with E-state index in [0.717, 1.165) is 30.2 Å². The molecule has 1 unspecified atom stereocenters. The molecule has 24 heteroatoms. The number of anilines is 1. The fourth-order valence-electron chi connectivity index (χ4n) is 11.9. The average Bonchev–Trinajstić information content (AvgIpc) is 1.26. The lowest BCUT2D eigenvalue weighted by Gasteiger charge is -2.33. The van der Waals surface area contributed by atoms with Crippen molar-refractivity contribution in [1.82, 2.24) is 57.2 Å². The van der Waals surface area contributed by atoms with Gasteiger partial charge in [-0.1, -0.05) is 138 Å². The third-order valence-corrected chi connectivity index (χ3v) is 17.2. The minimum Gasteiger partial charge on any atom is -0.508 e. The summed E-state index contributed by atoms with van der Waals surface area (Å²) < 4.78 is 1.55. The molecule has 6 atom stereocenters. The number of fused-ring (bicyclic) bond motifs is 3.